The van der Waals surface area contributed by atoms with Crippen LogP contribution in [0.15, 0.2) is 59.8 Å². The van der Waals surface area contributed by atoms with Crippen LogP contribution in [0.3, 0.4) is 0 Å². The maximum atomic E-state index is 12.4. The van der Waals surface area contributed by atoms with Crippen molar-refractivity contribution in [1.29, 1.82) is 0 Å². The van der Waals surface area contributed by atoms with Gasteiger partial charge in [-0.25, -0.2) is 4.98 Å². The smallest absolute Gasteiger partial charge is 0.253 e. The van der Waals surface area contributed by atoms with Crippen LogP contribution >= 0.6 is 0 Å². The molecule has 0 unspecified atom stereocenters. The Balaban J connectivity index is 1.59. The van der Waals surface area contributed by atoms with E-state index in [2.05, 4.69) is 15.3 Å². The topological polar surface area (TPSA) is 71.9 Å². The van der Waals surface area contributed by atoms with Gasteiger partial charge in [-0.15, -0.1) is 0 Å². The van der Waals surface area contributed by atoms with Crippen LogP contribution in [0.25, 0.3) is 16.6 Å². The van der Waals surface area contributed by atoms with Gasteiger partial charge in [-0.3, -0.25) is 4.79 Å². The molecule has 0 aliphatic carbocycles. The number of fused-ring (bicyclic) bond motifs is 1. The van der Waals surface area contributed by atoms with Crippen LogP contribution in [0, 0.1) is 13.8 Å². The number of para-hydroxylation sites is 1. The third-order valence-electron chi connectivity index (χ3n) is 4.82. The molecule has 0 saturated carbocycles. The van der Waals surface area contributed by atoms with Crippen molar-refractivity contribution in [2.24, 2.45) is 0 Å². The van der Waals surface area contributed by atoms with Crippen LogP contribution in [-0.2, 0) is 6.54 Å². The van der Waals surface area contributed by atoms with Gasteiger partial charge in [-0.05, 0) is 43.0 Å². The van der Waals surface area contributed by atoms with Crippen molar-refractivity contribution in [3.8, 4) is 11.4 Å². The largest absolute Gasteiger partial charge is 0.494 e. The zero-order chi connectivity index (χ0) is 19.7. The van der Waals surface area contributed by atoms with Crippen molar-refractivity contribution >= 4 is 16.6 Å². The lowest BCUT2D eigenvalue weighted by Gasteiger charge is -2.13. The van der Waals surface area contributed by atoms with Gasteiger partial charge < -0.3 is 19.6 Å². The summed E-state index contributed by atoms with van der Waals surface area (Å²) < 4.78 is 7.46. The lowest BCUT2D eigenvalue weighted by molar-refractivity contribution is 0.413. The normalized spacial score (nSPS) is 11.0. The first-order valence-electron chi connectivity index (χ1n) is 9.09. The van der Waals surface area contributed by atoms with Crippen LogP contribution in [0.2, 0.25) is 0 Å². The molecular formula is C22H22N4O2. The number of aromatic amines is 1. The Morgan fingerprint density at radius 3 is 2.79 bits per heavy atom. The monoisotopic (exact) mass is 374 g/mol. The predicted octanol–water partition coefficient (Wildman–Crippen LogP) is 3.95. The maximum absolute atomic E-state index is 12.4. The molecule has 0 atom stereocenters. The molecule has 0 amide bonds. The molecule has 0 aliphatic heterocycles. The standard InChI is InChI=1S/C22H22N4O2/c1-14-5-4-6-16-9-17(22(27)25-21(14)16)11-23-18-7-8-19(20(10-18)28-3)26-12-15(2)24-13-26/h4-10,12-13,23H,11H2,1-3H3,(H,25,27). The number of aryl methyl sites for hydroxylation is 2. The second kappa shape index (κ2) is 7.23. The summed E-state index contributed by atoms with van der Waals surface area (Å²) >= 11 is 0. The van der Waals surface area contributed by atoms with E-state index < -0.39 is 0 Å². The fraction of sp³-hybridized carbons (Fsp3) is 0.182. The second-order valence-electron chi connectivity index (χ2n) is 6.83. The summed E-state index contributed by atoms with van der Waals surface area (Å²) in [6, 6.07) is 13.8. The number of aromatic nitrogens is 3. The van der Waals surface area contributed by atoms with Crippen LogP contribution in [0.5, 0.6) is 5.75 Å². The molecular weight excluding hydrogens is 352 g/mol. The summed E-state index contributed by atoms with van der Waals surface area (Å²) in [5, 5.41) is 4.34. The number of pyridine rings is 1. The highest BCUT2D eigenvalue weighted by atomic mass is 16.5. The molecule has 2 aromatic carbocycles. The van der Waals surface area contributed by atoms with E-state index in [4.69, 9.17) is 4.74 Å². The van der Waals surface area contributed by atoms with E-state index in [0.717, 1.165) is 39.3 Å². The summed E-state index contributed by atoms with van der Waals surface area (Å²) in [6.45, 7) is 4.36. The van der Waals surface area contributed by atoms with E-state index in [1.54, 1.807) is 13.4 Å². The number of methoxy groups -OCH3 is 1. The van der Waals surface area contributed by atoms with Crippen molar-refractivity contribution < 1.29 is 4.74 Å². The van der Waals surface area contributed by atoms with Gasteiger partial charge in [0.25, 0.3) is 5.56 Å². The van der Waals surface area contributed by atoms with Gasteiger partial charge in [0.1, 0.15) is 5.75 Å². The molecule has 6 nitrogen and oxygen atoms in total. The van der Waals surface area contributed by atoms with Gasteiger partial charge in [0.05, 0.1) is 30.3 Å². The van der Waals surface area contributed by atoms with Gasteiger partial charge in [0, 0.05) is 30.1 Å². The Hall–Kier alpha value is -3.54. The minimum Gasteiger partial charge on any atom is -0.494 e. The van der Waals surface area contributed by atoms with E-state index in [-0.39, 0.29) is 5.56 Å². The third-order valence-corrected chi connectivity index (χ3v) is 4.82. The molecule has 0 aliphatic rings. The maximum Gasteiger partial charge on any atom is 0.253 e. The molecule has 2 N–H and O–H groups in total. The van der Waals surface area contributed by atoms with E-state index in [0.29, 0.717) is 12.1 Å². The predicted molar refractivity (Wildman–Crippen MR) is 111 cm³/mol. The molecule has 2 aromatic heterocycles. The average Bonchev–Trinajstić information content (AvgIpc) is 3.13. The van der Waals surface area contributed by atoms with Gasteiger partial charge >= 0.3 is 0 Å². The minimum absolute atomic E-state index is 0.0771. The van der Waals surface area contributed by atoms with Gasteiger partial charge in [-0.1, -0.05) is 18.2 Å². The molecule has 0 saturated heterocycles. The summed E-state index contributed by atoms with van der Waals surface area (Å²) in [5.41, 5.74) is 5.28. The Labute approximate surface area is 162 Å². The zero-order valence-corrected chi connectivity index (χ0v) is 16.1. The van der Waals surface area contributed by atoms with Crippen molar-refractivity contribution in [3.05, 3.63) is 82.2 Å². The van der Waals surface area contributed by atoms with Crippen LogP contribution < -0.4 is 15.6 Å². The molecule has 0 fully saturated rings. The van der Waals surface area contributed by atoms with Crippen molar-refractivity contribution in [3.63, 3.8) is 0 Å². The van der Waals surface area contributed by atoms with Crippen LogP contribution in [-0.4, -0.2) is 21.6 Å². The van der Waals surface area contributed by atoms with Gasteiger partial charge in [0.15, 0.2) is 0 Å². The molecule has 142 valence electrons. The average molecular weight is 374 g/mol. The molecule has 2 heterocycles. The van der Waals surface area contributed by atoms with Gasteiger partial charge in [-0.2, -0.15) is 0 Å². The molecule has 0 spiro atoms. The van der Waals surface area contributed by atoms with E-state index in [9.17, 15) is 4.79 Å². The Morgan fingerprint density at radius 1 is 1.18 bits per heavy atom. The number of benzene rings is 2. The molecule has 0 radical (unpaired) electrons. The van der Waals surface area contributed by atoms with Gasteiger partial charge in [0.2, 0.25) is 0 Å². The molecule has 28 heavy (non-hydrogen) atoms. The Morgan fingerprint density at radius 2 is 2.04 bits per heavy atom. The highest BCUT2D eigenvalue weighted by molar-refractivity contribution is 5.82. The number of rotatable bonds is 5. The minimum atomic E-state index is -0.0771. The zero-order valence-electron chi connectivity index (χ0n) is 16.1. The van der Waals surface area contributed by atoms with E-state index in [1.807, 2.05) is 67.1 Å². The highest BCUT2D eigenvalue weighted by Gasteiger charge is 2.09. The summed E-state index contributed by atoms with van der Waals surface area (Å²) in [5.74, 6) is 0.727. The summed E-state index contributed by atoms with van der Waals surface area (Å²) in [6.07, 6.45) is 3.71. The second-order valence-corrected chi connectivity index (χ2v) is 6.83. The Bertz CT molecular complexity index is 1210. The number of hydrogen-bond donors (Lipinski definition) is 2. The van der Waals surface area contributed by atoms with Crippen molar-refractivity contribution in [2.45, 2.75) is 20.4 Å². The molecule has 6 heteroatoms. The third kappa shape index (κ3) is 3.36. The van der Waals surface area contributed by atoms with E-state index >= 15 is 0 Å². The van der Waals surface area contributed by atoms with Crippen molar-refractivity contribution in [2.75, 3.05) is 12.4 Å². The highest BCUT2D eigenvalue weighted by Crippen LogP contribution is 2.27. The molecule has 4 aromatic rings. The van der Waals surface area contributed by atoms with Crippen LogP contribution in [0.1, 0.15) is 16.8 Å². The first kappa shape index (κ1) is 17.9. The first-order valence-corrected chi connectivity index (χ1v) is 9.09. The number of imidazole rings is 1. The molecule has 0 bridgehead atoms. The van der Waals surface area contributed by atoms with Crippen molar-refractivity contribution in [1.82, 2.24) is 14.5 Å². The lowest BCUT2D eigenvalue weighted by Crippen LogP contribution is -2.16. The van der Waals surface area contributed by atoms with E-state index in [1.165, 1.54) is 0 Å². The Kier molecular flexibility index (Phi) is 4.61. The SMILES string of the molecule is COc1cc(NCc2cc3cccc(C)c3[nH]c2=O)ccc1-n1cnc(C)c1. The number of anilines is 1. The summed E-state index contributed by atoms with van der Waals surface area (Å²) in [7, 11) is 1.64. The number of nitrogens with one attached hydrogen (secondary N) is 2. The number of nitrogens with zero attached hydrogens (tertiary/aromatic N) is 2. The molecule has 4 rings (SSSR count). The number of ether oxygens (including phenoxy) is 1. The number of H-pyrrole nitrogens is 1. The first-order chi connectivity index (χ1) is 13.5. The van der Waals surface area contributed by atoms with Crippen LogP contribution in [0.4, 0.5) is 5.69 Å². The fourth-order valence-electron chi connectivity index (χ4n) is 3.31. The number of hydrogen-bond acceptors (Lipinski definition) is 4. The summed E-state index contributed by atoms with van der Waals surface area (Å²) in [4.78, 5) is 19.7. The lowest BCUT2D eigenvalue weighted by atomic mass is 10.1. The quantitative estimate of drug-likeness (QED) is 0.555. The fourth-order valence-corrected chi connectivity index (χ4v) is 3.31.